The van der Waals surface area contributed by atoms with Gasteiger partial charge in [0.05, 0.1) is 17.7 Å². The standard InChI is InChI=1S/C13H8N2O3/c14-9-11(10-4-2-1-3-5-10)8-12-6-7-13(18-12)15(16)17/h1-8H/b11-8-. The first-order valence-electron chi connectivity index (χ1n) is 5.12. The second-order valence-electron chi connectivity index (χ2n) is 3.47. The van der Waals surface area contributed by atoms with Gasteiger partial charge in [-0.15, -0.1) is 0 Å². The van der Waals surface area contributed by atoms with Crippen molar-refractivity contribution < 1.29 is 9.34 Å². The molecule has 0 spiro atoms. The van der Waals surface area contributed by atoms with E-state index < -0.39 is 4.92 Å². The Balaban J connectivity index is 2.36. The van der Waals surface area contributed by atoms with Gasteiger partial charge in [-0.2, -0.15) is 5.26 Å². The summed E-state index contributed by atoms with van der Waals surface area (Å²) < 4.78 is 4.97. The van der Waals surface area contributed by atoms with E-state index in [1.165, 1.54) is 18.2 Å². The van der Waals surface area contributed by atoms with Crippen molar-refractivity contribution in [1.82, 2.24) is 0 Å². The Morgan fingerprint density at radius 2 is 2.00 bits per heavy atom. The molecule has 5 nitrogen and oxygen atoms in total. The monoisotopic (exact) mass is 240 g/mol. The lowest BCUT2D eigenvalue weighted by Gasteiger charge is -1.96. The van der Waals surface area contributed by atoms with Gasteiger partial charge < -0.3 is 4.42 Å². The van der Waals surface area contributed by atoms with Crippen molar-refractivity contribution in [3.05, 3.63) is 63.9 Å². The van der Waals surface area contributed by atoms with Crippen LogP contribution in [0.5, 0.6) is 0 Å². The van der Waals surface area contributed by atoms with Gasteiger partial charge in [0.2, 0.25) is 0 Å². The highest BCUT2D eigenvalue weighted by Gasteiger charge is 2.11. The fraction of sp³-hybridized carbons (Fsp3) is 0. The predicted octanol–water partition coefficient (Wildman–Crippen LogP) is 3.25. The summed E-state index contributed by atoms with van der Waals surface area (Å²) in [5.74, 6) is -0.0614. The third-order valence-corrected chi connectivity index (χ3v) is 2.28. The zero-order valence-corrected chi connectivity index (χ0v) is 9.24. The number of nitriles is 1. The highest BCUT2D eigenvalue weighted by molar-refractivity contribution is 5.88. The van der Waals surface area contributed by atoms with Crippen molar-refractivity contribution in [2.24, 2.45) is 0 Å². The van der Waals surface area contributed by atoms with Gasteiger partial charge in [0.15, 0.2) is 0 Å². The summed E-state index contributed by atoms with van der Waals surface area (Å²) in [4.78, 5) is 9.85. The van der Waals surface area contributed by atoms with Crippen molar-refractivity contribution in [1.29, 1.82) is 5.26 Å². The maximum absolute atomic E-state index is 10.5. The van der Waals surface area contributed by atoms with E-state index in [9.17, 15) is 10.1 Å². The van der Waals surface area contributed by atoms with E-state index in [1.54, 1.807) is 12.1 Å². The van der Waals surface area contributed by atoms with E-state index >= 15 is 0 Å². The molecule has 0 aliphatic heterocycles. The highest BCUT2D eigenvalue weighted by atomic mass is 16.6. The molecule has 1 aromatic carbocycles. The number of hydrogen-bond donors (Lipinski definition) is 0. The Kier molecular flexibility index (Phi) is 3.21. The van der Waals surface area contributed by atoms with Gasteiger partial charge in [-0.25, -0.2) is 0 Å². The van der Waals surface area contributed by atoms with E-state index in [2.05, 4.69) is 0 Å². The van der Waals surface area contributed by atoms with E-state index in [-0.39, 0.29) is 11.6 Å². The molecular weight excluding hydrogens is 232 g/mol. The number of hydrogen-bond acceptors (Lipinski definition) is 4. The molecule has 0 amide bonds. The molecule has 0 N–H and O–H groups in total. The summed E-state index contributed by atoms with van der Waals surface area (Å²) in [5, 5.41) is 19.5. The summed E-state index contributed by atoms with van der Waals surface area (Å²) >= 11 is 0. The van der Waals surface area contributed by atoms with Crippen LogP contribution in [0.1, 0.15) is 11.3 Å². The average Bonchev–Trinajstić information content (AvgIpc) is 2.86. The zero-order valence-electron chi connectivity index (χ0n) is 9.24. The van der Waals surface area contributed by atoms with Crippen molar-refractivity contribution in [2.45, 2.75) is 0 Å². The van der Waals surface area contributed by atoms with Gasteiger partial charge in [-0.05, 0) is 17.7 Å². The molecule has 0 aliphatic rings. The molecule has 0 bridgehead atoms. The molecule has 5 heteroatoms. The quantitative estimate of drug-likeness (QED) is 0.468. The summed E-state index contributed by atoms with van der Waals surface area (Å²) in [6, 6.07) is 13.8. The van der Waals surface area contributed by atoms with Gasteiger partial charge >= 0.3 is 5.88 Å². The Hall–Kier alpha value is -2.87. The summed E-state index contributed by atoms with van der Waals surface area (Å²) in [5.41, 5.74) is 1.12. The maximum Gasteiger partial charge on any atom is 0.433 e. The second-order valence-corrected chi connectivity index (χ2v) is 3.47. The van der Waals surface area contributed by atoms with Gasteiger partial charge in [-0.3, -0.25) is 10.1 Å². The Morgan fingerprint density at radius 3 is 2.56 bits per heavy atom. The molecule has 18 heavy (non-hydrogen) atoms. The minimum atomic E-state index is -0.619. The van der Waals surface area contributed by atoms with E-state index in [1.807, 2.05) is 24.3 Å². The van der Waals surface area contributed by atoms with Gasteiger partial charge in [0, 0.05) is 0 Å². The van der Waals surface area contributed by atoms with Crippen LogP contribution in [0, 0.1) is 21.4 Å². The Labute approximate surface area is 103 Å². The first-order valence-corrected chi connectivity index (χ1v) is 5.12. The van der Waals surface area contributed by atoms with Crippen molar-refractivity contribution >= 4 is 17.5 Å². The minimum absolute atomic E-state index is 0.280. The number of furan rings is 1. The third-order valence-electron chi connectivity index (χ3n) is 2.28. The maximum atomic E-state index is 10.5. The first kappa shape index (κ1) is 11.6. The van der Waals surface area contributed by atoms with Crippen molar-refractivity contribution in [3.63, 3.8) is 0 Å². The first-order chi connectivity index (χ1) is 8.70. The molecule has 0 aliphatic carbocycles. The van der Waals surface area contributed by atoms with Crippen LogP contribution in [0.15, 0.2) is 46.9 Å². The number of benzene rings is 1. The molecule has 0 radical (unpaired) electrons. The number of rotatable bonds is 3. The zero-order chi connectivity index (χ0) is 13.0. The number of nitro groups is 1. The van der Waals surface area contributed by atoms with E-state index in [4.69, 9.17) is 9.68 Å². The lowest BCUT2D eigenvalue weighted by Crippen LogP contribution is -1.83. The molecule has 88 valence electrons. The van der Waals surface area contributed by atoms with E-state index in [0.29, 0.717) is 5.57 Å². The lowest BCUT2D eigenvalue weighted by molar-refractivity contribution is -0.402. The molecule has 0 saturated heterocycles. The summed E-state index contributed by atoms with van der Waals surface area (Å²) in [6.07, 6.45) is 1.47. The second kappa shape index (κ2) is 4.97. The molecule has 0 atom stereocenters. The largest absolute Gasteiger partial charge is 0.433 e. The molecule has 2 rings (SSSR count). The lowest BCUT2D eigenvalue weighted by atomic mass is 10.1. The molecule has 1 heterocycles. The third kappa shape index (κ3) is 2.44. The van der Waals surface area contributed by atoms with Crippen LogP contribution in [0.25, 0.3) is 11.6 Å². The smallest absolute Gasteiger partial charge is 0.401 e. The van der Waals surface area contributed by atoms with Gasteiger partial charge in [0.25, 0.3) is 0 Å². The van der Waals surface area contributed by atoms with Gasteiger partial charge in [0.1, 0.15) is 10.7 Å². The topological polar surface area (TPSA) is 80.1 Å². The highest BCUT2D eigenvalue weighted by Crippen LogP contribution is 2.21. The molecule has 2 aromatic rings. The fourth-order valence-electron chi connectivity index (χ4n) is 1.46. The summed E-state index contributed by atoms with van der Waals surface area (Å²) in [6.45, 7) is 0. The van der Waals surface area contributed by atoms with Crippen LogP contribution in [-0.2, 0) is 0 Å². The summed E-state index contributed by atoms with van der Waals surface area (Å²) in [7, 11) is 0. The molecule has 0 fully saturated rings. The Bertz CT molecular complexity index is 636. The fourth-order valence-corrected chi connectivity index (χ4v) is 1.46. The predicted molar refractivity (Wildman–Crippen MR) is 65.3 cm³/mol. The number of nitrogens with zero attached hydrogens (tertiary/aromatic N) is 2. The molecular formula is C13H8N2O3. The van der Waals surface area contributed by atoms with Crippen LogP contribution in [0.4, 0.5) is 5.88 Å². The van der Waals surface area contributed by atoms with Crippen molar-refractivity contribution in [2.75, 3.05) is 0 Å². The minimum Gasteiger partial charge on any atom is -0.401 e. The average molecular weight is 240 g/mol. The van der Waals surface area contributed by atoms with Crippen LogP contribution in [0.3, 0.4) is 0 Å². The van der Waals surface area contributed by atoms with Crippen LogP contribution < -0.4 is 0 Å². The Morgan fingerprint density at radius 1 is 1.28 bits per heavy atom. The normalized spacial score (nSPS) is 10.9. The SMILES string of the molecule is N#C/C(=C/c1ccc([N+](=O)[O-])o1)c1ccccc1. The van der Waals surface area contributed by atoms with Crippen molar-refractivity contribution in [3.8, 4) is 6.07 Å². The number of allylic oxidation sites excluding steroid dienone is 1. The van der Waals surface area contributed by atoms with Gasteiger partial charge in [-0.1, -0.05) is 30.3 Å². The molecule has 1 aromatic heterocycles. The van der Waals surface area contributed by atoms with Crippen LogP contribution in [0.2, 0.25) is 0 Å². The molecule has 0 unspecified atom stereocenters. The molecule has 0 saturated carbocycles. The van der Waals surface area contributed by atoms with Crippen LogP contribution >= 0.6 is 0 Å². The van der Waals surface area contributed by atoms with E-state index in [0.717, 1.165) is 5.56 Å². The van der Waals surface area contributed by atoms with Crippen LogP contribution in [-0.4, -0.2) is 4.92 Å².